The van der Waals surface area contributed by atoms with Crippen LogP contribution in [0.4, 0.5) is 0 Å². The van der Waals surface area contributed by atoms with E-state index in [9.17, 15) is 15.0 Å². The molecular formula is C24H30O5. The molecule has 1 fully saturated rings. The highest BCUT2D eigenvalue weighted by Gasteiger charge is 2.48. The topological polar surface area (TPSA) is 87.0 Å². The third-order valence-electron chi connectivity index (χ3n) is 6.04. The van der Waals surface area contributed by atoms with Gasteiger partial charge >= 0.3 is 5.97 Å². The smallest absolute Gasteiger partial charge is 0.303 e. The summed E-state index contributed by atoms with van der Waals surface area (Å²) in [7, 11) is 0. The van der Waals surface area contributed by atoms with E-state index in [-0.39, 0.29) is 30.3 Å². The summed E-state index contributed by atoms with van der Waals surface area (Å²) in [6.07, 6.45) is 5.07. The van der Waals surface area contributed by atoms with E-state index in [2.05, 4.69) is 11.8 Å². The molecule has 1 aromatic rings. The molecule has 29 heavy (non-hydrogen) atoms. The summed E-state index contributed by atoms with van der Waals surface area (Å²) in [6, 6.07) is 6.01. The van der Waals surface area contributed by atoms with Gasteiger partial charge in [-0.15, -0.1) is 11.8 Å². The van der Waals surface area contributed by atoms with Gasteiger partial charge in [0, 0.05) is 36.7 Å². The first-order chi connectivity index (χ1) is 13.9. The number of aliphatic carboxylic acids is 1. The lowest BCUT2D eigenvalue weighted by atomic mass is 9.86. The Balaban J connectivity index is 1.75. The monoisotopic (exact) mass is 398 g/mol. The van der Waals surface area contributed by atoms with Gasteiger partial charge in [-0.25, -0.2) is 0 Å². The van der Waals surface area contributed by atoms with Gasteiger partial charge < -0.3 is 20.1 Å². The summed E-state index contributed by atoms with van der Waals surface area (Å²) < 4.78 is 6.21. The Labute approximate surface area is 172 Å². The average molecular weight is 398 g/mol. The predicted octanol–water partition coefficient (Wildman–Crippen LogP) is 3.29. The molecule has 0 radical (unpaired) electrons. The van der Waals surface area contributed by atoms with Crippen LogP contribution in [0.15, 0.2) is 30.4 Å². The number of carboxylic acid groups (broad SMARTS) is 1. The summed E-state index contributed by atoms with van der Waals surface area (Å²) in [6.45, 7) is 3.75. The van der Waals surface area contributed by atoms with Crippen molar-refractivity contribution in [3.63, 3.8) is 0 Å². The second-order valence-corrected chi connectivity index (χ2v) is 8.13. The van der Waals surface area contributed by atoms with E-state index in [0.717, 1.165) is 16.9 Å². The van der Waals surface area contributed by atoms with Gasteiger partial charge in [-0.3, -0.25) is 4.79 Å². The van der Waals surface area contributed by atoms with Crippen molar-refractivity contribution in [1.82, 2.24) is 0 Å². The summed E-state index contributed by atoms with van der Waals surface area (Å²) >= 11 is 0. The number of ether oxygens (including phenoxy) is 1. The van der Waals surface area contributed by atoms with Gasteiger partial charge in [0.2, 0.25) is 0 Å². The molecule has 0 unspecified atom stereocenters. The summed E-state index contributed by atoms with van der Waals surface area (Å²) in [5.41, 5.74) is 2.11. The molecule has 1 heterocycles. The quantitative estimate of drug-likeness (QED) is 0.462. The highest BCUT2D eigenvalue weighted by Crippen LogP contribution is 2.52. The number of carboxylic acids is 1. The van der Waals surface area contributed by atoms with E-state index >= 15 is 0 Å². The molecule has 1 aliphatic heterocycles. The molecule has 0 bridgehead atoms. The first-order valence-corrected chi connectivity index (χ1v) is 10.4. The van der Waals surface area contributed by atoms with E-state index in [1.54, 1.807) is 13.0 Å². The van der Waals surface area contributed by atoms with Crippen molar-refractivity contribution in [3.05, 3.63) is 41.5 Å². The number of hydrogen-bond acceptors (Lipinski definition) is 4. The first-order valence-electron chi connectivity index (χ1n) is 10.4. The van der Waals surface area contributed by atoms with Gasteiger partial charge in [0.25, 0.3) is 0 Å². The molecule has 1 saturated carbocycles. The molecule has 1 aliphatic carbocycles. The SMILES string of the molecule is CC#CC[C@H](C)[C@@H](O)/C=C/[C@@H]1[C@H]2c3cccc(CCCC(=O)O)c3O[C@H]2C[C@H]1O. The number of benzene rings is 1. The molecule has 5 nitrogen and oxygen atoms in total. The normalized spacial score (nSPS) is 26.9. The number of rotatable bonds is 8. The molecule has 5 heteroatoms. The Morgan fingerprint density at radius 3 is 2.93 bits per heavy atom. The number of aryl methyl sites for hydroxylation is 1. The van der Waals surface area contributed by atoms with Crippen molar-refractivity contribution in [1.29, 1.82) is 0 Å². The zero-order chi connectivity index (χ0) is 21.0. The van der Waals surface area contributed by atoms with Crippen molar-refractivity contribution in [2.24, 2.45) is 11.8 Å². The first kappa shape index (κ1) is 21.4. The molecule has 6 atom stereocenters. The fourth-order valence-electron chi connectivity index (χ4n) is 4.41. The highest BCUT2D eigenvalue weighted by atomic mass is 16.5. The van der Waals surface area contributed by atoms with Crippen molar-refractivity contribution in [2.45, 2.75) is 70.2 Å². The number of fused-ring (bicyclic) bond motifs is 3. The van der Waals surface area contributed by atoms with Crippen molar-refractivity contribution in [3.8, 4) is 17.6 Å². The Kier molecular flexibility index (Phi) is 7.00. The minimum atomic E-state index is -0.790. The number of aliphatic hydroxyl groups excluding tert-OH is 2. The van der Waals surface area contributed by atoms with Crippen LogP contribution >= 0.6 is 0 Å². The van der Waals surface area contributed by atoms with Gasteiger partial charge in [-0.1, -0.05) is 37.3 Å². The standard InChI is InChI=1S/C24H30O5/c1-3-4-7-15(2)19(25)13-12-17-20(26)14-21-23(17)18-10-5-8-16(24(18)29-21)9-6-11-22(27)28/h5,8,10,12-13,15,17,19-21,23,25-26H,6-7,9,11,14H2,1-2H3,(H,27,28)/b13-12+/t15-,17-,19-,20+,21-,23-/m0/s1. The maximum Gasteiger partial charge on any atom is 0.303 e. The van der Waals surface area contributed by atoms with Crippen molar-refractivity contribution < 1.29 is 24.9 Å². The molecule has 2 aliphatic rings. The van der Waals surface area contributed by atoms with E-state index in [1.165, 1.54) is 0 Å². The molecule has 156 valence electrons. The largest absolute Gasteiger partial charge is 0.489 e. The molecule has 0 saturated heterocycles. The molecule has 0 aromatic heterocycles. The van der Waals surface area contributed by atoms with Crippen LogP contribution in [0.3, 0.4) is 0 Å². The maximum atomic E-state index is 10.8. The van der Waals surface area contributed by atoms with Crippen LogP contribution < -0.4 is 4.74 Å². The van der Waals surface area contributed by atoms with Crippen LogP contribution in [0.25, 0.3) is 0 Å². The lowest BCUT2D eigenvalue weighted by Crippen LogP contribution is -2.19. The van der Waals surface area contributed by atoms with E-state index < -0.39 is 18.2 Å². The zero-order valence-electron chi connectivity index (χ0n) is 17.0. The number of aliphatic hydroxyl groups is 2. The molecular weight excluding hydrogens is 368 g/mol. The van der Waals surface area contributed by atoms with E-state index in [0.29, 0.717) is 25.7 Å². The lowest BCUT2D eigenvalue weighted by molar-refractivity contribution is -0.137. The second-order valence-electron chi connectivity index (χ2n) is 8.13. The molecule has 0 amide bonds. The lowest BCUT2D eigenvalue weighted by Gasteiger charge is -2.19. The summed E-state index contributed by atoms with van der Waals surface area (Å²) in [4.78, 5) is 10.8. The van der Waals surface area contributed by atoms with Gasteiger partial charge in [0.1, 0.15) is 11.9 Å². The zero-order valence-corrected chi connectivity index (χ0v) is 17.0. The van der Waals surface area contributed by atoms with Crippen LogP contribution in [0, 0.1) is 23.7 Å². The van der Waals surface area contributed by atoms with Crippen LogP contribution in [-0.4, -0.2) is 39.6 Å². The minimum Gasteiger partial charge on any atom is -0.489 e. The van der Waals surface area contributed by atoms with E-state index in [4.69, 9.17) is 9.84 Å². The number of hydrogen-bond donors (Lipinski definition) is 3. The third-order valence-corrected chi connectivity index (χ3v) is 6.04. The second kappa shape index (κ2) is 9.47. The van der Waals surface area contributed by atoms with Crippen LogP contribution in [0.5, 0.6) is 5.75 Å². The fourth-order valence-corrected chi connectivity index (χ4v) is 4.41. The minimum absolute atomic E-state index is 0.0287. The fraction of sp³-hybridized carbons (Fsp3) is 0.542. The molecule has 0 spiro atoms. The summed E-state index contributed by atoms with van der Waals surface area (Å²) in [5, 5.41) is 29.9. The molecule has 3 N–H and O–H groups in total. The Hall–Kier alpha value is -2.29. The van der Waals surface area contributed by atoms with E-state index in [1.807, 2.05) is 31.2 Å². The van der Waals surface area contributed by atoms with Crippen LogP contribution in [0.1, 0.15) is 56.6 Å². The Morgan fingerprint density at radius 1 is 1.41 bits per heavy atom. The van der Waals surface area contributed by atoms with Crippen LogP contribution in [0.2, 0.25) is 0 Å². The highest BCUT2D eigenvalue weighted by molar-refractivity contribution is 5.66. The Bertz CT molecular complexity index is 818. The molecule has 3 rings (SSSR count). The third kappa shape index (κ3) is 4.83. The van der Waals surface area contributed by atoms with Crippen molar-refractivity contribution >= 4 is 5.97 Å². The summed E-state index contributed by atoms with van der Waals surface area (Å²) in [5.74, 6) is 5.87. The predicted molar refractivity (Wildman–Crippen MR) is 111 cm³/mol. The molecule has 1 aromatic carbocycles. The van der Waals surface area contributed by atoms with Gasteiger partial charge in [0.05, 0.1) is 12.2 Å². The van der Waals surface area contributed by atoms with Gasteiger partial charge in [0.15, 0.2) is 0 Å². The van der Waals surface area contributed by atoms with Crippen molar-refractivity contribution in [2.75, 3.05) is 0 Å². The van der Waals surface area contributed by atoms with Gasteiger partial charge in [-0.2, -0.15) is 0 Å². The average Bonchev–Trinajstić information content (AvgIpc) is 3.19. The number of carbonyl (C=O) groups is 1. The van der Waals surface area contributed by atoms with Gasteiger partial charge in [-0.05, 0) is 31.2 Å². The Morgan fingerprint density at radius 2 is 2.21 bits per heavy atom. The van der Waals surface area contributed by atoms with Crippen LogP contribution in [-0.2, 0) is 11.2 Å². The maximum absolute atomic E-state index is 10.8. The number of para-hydroxylation sites is 1.